The Kier molecular flexibility index (Phi) is 4.93. The van der Waals surface area contributed by atoms with Crippen LogP contribution in [0.15, 0.2) is 46.1 Å². The summed E-state index contributed by atoms with van der Waals surface area (Å²) in [5.41, 5.74) is -1.40. The van der Waals surface area contributed by atoms with Crippen molar-refractivity contribution in [2.24, 2.45) is 0 Å². The molecule has 0 bridgehead atoms. The van der Waals surface area contributed by atoms with Crippen molar-refractivity contribution < 1.29 is 19.3 Å². The van der Waals surface area contributed by atoms with E-state index in [9.17, 15) is 19.1 Å². The molecule has 0 amide bonds. The van der Waals surface area contributed by atoms with Crippen molar-refractivity contribution in [2.75, 3.05) is 6.61 Å². The fraction of sp³-hybridized carbons (Fsp3) is 0.294. The van der Waals surface area contributed by atoms with Crippen molar-refractivity contribution in [2.45, 2.75) is 24.9 Å². The molecule has 1 aromatic heterocycles. The molecule has 0 saturated carbocycles. The van der Waals surface area contributed by atoms with Crippen molar-refractivity contribution in [1.82, 2.24) is 9.55 Å². The van der Waals surface area contributed by atoms with Gasteiger partial charge >= 0.3 is 5.69 Å². The molecule has 7 nitrogen and oxygen atoms in total. The molecule has 0 aliphatic carbocycles. The number of H-pyrrole nitrogens is 1. The van der Waals surface area contributed by atoms with Gasteiger partial charge in [-0.05, 0) is 11.6 Å². The molecule has 0 spiro atoms. The molecule has 3 atom stereocenters. The quantitative estimate of drug-likeness (QED) is 0.752. The van der Waals surface area contributed by atoms with Gasteiger partial charge in [-0.25, -0.2) is 9.18 Å². The first kappa shape index (κ1) is 17.3. The number of hydrogen-bond donors (Lipinski definition) is 3. The van der Waals surface area contributed by atoms with Crippen LogP contribution in [0.5, 0.6) is 0 Å². The number of aromatic amines is 1. The van der Waals surface area contributed by atoms with Crippen LogP contribution in [-0.2, 0) is 4.74 Å². The summed E-state index contributed by atoms with van der Waals surface area (Å²) in [5, 5.41) is 18.9. The van der Waals surface area contributed by atoms with Gasteiger partial charge < -0.3 is 14.9 Å². The van der Waals surface area contributed by atoms with Crippen LogP contribution in [0.25, 0.3) is 11.9 Å². The van der Waals surface area contributed by atoms with Gasteiger partial charge in [0.1, 0.15) is 18.2 Å². The number of ether oxygens (including phenoxy) is 1. The van der Waals surface area contributed by atoms with Crippen molar-refractivity contribution in [3.63, 3.8) is 0 Å². The second kappa shape index (κ2) is 7.14. The molecule has 2 heterocycles. The monoisotopic (exact) mass is 348 g/mol. The van der Waals surface area contributed by atoms with E-state index in [0.717, 1.165) is 10.8 Å². The highest BCUT2D eigenvalue weighted by Crippen LogP contribution is 2.27. The largest absolute Gasteiger partial charge is 0.394 e. The fourth-order valence-corrected chi connectivity index (χ4v) is 2.69. The second-order valence-corrected chi connectivity index (χ2v) is 5.73. The average Bonchev–Trinajstić information content (AvgIpc) is 2.96. The van der Waals surface area contributed by atoms with Crippen LogP contribution in [0.2, 0.25) is 0 Å². The summed E-state index contributed by atoms with van der Waals surface area (Å²) >= 11 is 0. The van der Waals surface area contributed by atoms with Crippen LogP contribution < -0.4 is 11.2 Å². The normalized spacial score (nSPS) is 23.8. The maximum absolute atomic E-state index is 14.5. The molecule has 25 heavy (non-hydrogen) atoms. The van der Waals surface area contributed by atoms with E-state index in [1.165, 1.54) is 6.08 Å². The summed E-state index contributed by atoms with van der Waals surface area (Å²) in [4.78, 5) is 26.0. The number of nitrogens with zero attached hydrogens (tertiary/aromatic N) is 1. The standard InChI is InChI=1S/C17H17FN2O5/c18-12(6-10-4-2-1-3-5-10)11-8-20(17(24)19-16(11)23)15-7-13(22)14(9-21)25-15/h1-6,8,13-15,21-22H,7,9H2,(H,19,23,24)/b12-6-/t13-,14+,15+/m0/s1. The minimum absolute atomic E-state index is 0.0423. The van der Waals surface area contributed by atoms with Gasteiger partial charge in [0.15, 0.2) is 0 Å². The van der Waals surface area contributed by atoms with Gasteiger partial charge in [-0.15, -0.1) is 0 Å². The lowest BCUT2D eigenvalue weighted by Gasteiger charge is -2.15. The van der Waals surface area contributed by atoms with Crippen LogP contribution in [0.4, 0.5) is 4.39 Å². The van der Waals surface area contributed by atoms with E-state index in [1.54, 1.807) is 30.3 Å². The zero-order valence-corrected chi connectivity index (χ0v) is 13.1. The third-order valence-corrected chi connectivity index (χ3v) is 4.01. The Bertz CT molecular complexity index is 890. The lowest BCUT2D eigenvalue weighted by molar-refractivity contribution is -0.0459. The van der Waals surface area contributed by atoms with Crippen LogP contribution in [-0.4, -0.2) is 38.6 Å². The molecule has 0 radical (unpaired) electrons. The highest BCUT2D eigenvalue weighted by Gasteiger charge is 2.35. The average molecular weight is 348 g/mol. The van der Waals surface area contributed by atoms with Crippen molar-refractivity contribution in [3.8, 4) is 0 Å². The molecule has 2 aromatic rings. The third kappa shape index (κ3) is 3.60. The Hall–Kier alpha value is -2.55. The number of aromatic nitrogens is 2. The van der Waals surface area contributed by atoms with Gasteiger partial charge in [0.05, 0.1) is 18.3 Å². The highest BCUT2D eigenvalue weighted by atomic mass is 19.1. The van der Waals surface area contributed by atoms with E-state index in [2.05, 4.69) is 0 Å². The molecular weight excluding hydrogens is 331 g/mol. The van der Waals surface area contributed by atoms with E-state index in [-0.39, 0.29) is 12.0 Å². The first-order valence-corrected chi connectivity index (χ1v) is 7.72. The molecule has 1 saturated heterocycles. The Labute approximate surface area is 141 Å². The second-order valence-electron chi connectivity index (χ2n) is 5.73. The Morgan fingerprint density at radius 2 is 2.08 bits per heavy atom. The molecule has 1 aliphatic heterocycles. The van der Waals surface area contributed by atoms with Gasteiger partial charge in [-0.2, -0.15) is 0 Å². The molecule has 0 unspecified atom stereocenters. The third-order valence-electron chi connectivity index (χ3n) is 4.01. The van der Waals surface area contributed by atoms with Crippen LogP contribution in [0.3, 0.4) is 0 Å². The van der Waals surface area contributed by atoms with Crippen LogP contribution >= 0.6 is 0 Å². The lowest BCUT2D eigenvalue weighted by atomic mass is 10.1. The van der Waals surface area contributed by atoms with E-state index in [0.29, 0.717) is 5.56 Å². The molecule has 1 fully saturated rings. The van der Waals surface area contributed by atoms with Crippen molar-refractivity contribution >= 4 is 11.9 Å². The van der Waals surface area contributed by atoms with Gasteiger partial charge in [0.2, 0.25) is 0 Å². The smallest absolute Gasteiger partial charge is 0.330 e. The molecule has 3 N–H and O–H groups in total. The molecular formula is C17H17FN2O5. The maximum Gasteiger partial charge on any atom is 0.330 e. The molecule has 3 rings (SSSR count). The van der Waals surface area contributed by atoms with Crippen molar-refractivity contribution in [3.05, 3.63) is 68.5 Å². The summed E-state index contributed by atoms with van der Waals surface area (Å²) in [6.07, 6.45) is -0.410. The fourth-order valence-electron chi connectivity index (χ4n) is 2.69. The van der Waals surface area contributed by atoms with E-state index in [4.69, 9.17) is 9.84 Å². The summed E-state index contributed by atoms with van der Waals surface area (Å²) in [7, 11) is 0. The summed E-state index contributed by atoms with van der Waals surface area (Å²) in [6.45, 7) is -0.412. The van der Waals surface area contributed by atoms with E-state index in [1.807, 2.05) is 4.98 Å². The predicted octanol–water partition coefficient (Wildman–Crippen LogP) is 0.645. The molecule has 1 aromatic carbocycles. The SMILES string of the molecule is O=c1[nH]c(=O)n([C@H]2C[C@H](O)[C@@H](CO)O2)cc1/C(F)=C/c1ccccc1. The minimum Gasteiger partial charge on any atom is -0.394 e. The van der Waals surface area contributed by atoms with Crippen LogP contribution in [0, 0.1) is 0 Å². The van der Waals surface area contributed by atoms with E-state index < -0.39 is 42.1 Å². The van der Waals surface area contributed by atoms with Gasteiger partial charge in [-0.1, -0.05) is 30.3 Å². The zero-order valence-electron chi connectivity index (χ0n) is 13.1. The number of benzene rings is 1. The maximum atomic E-state index is 14.5. The number of hydrogen-bond acceptors (Lipinski definition) is 5. The highest BCUT2D eigenvalue weighted by molar-refractivity contribution is 5.75. The van der Waals surface area contributed by atoms with Gasteiger partial charge in [0, 0.05) is 12.6 Å². The van der Waals surface area contributed by atoms with Crippen molar-refractivity contribution in [1.29, 1.82) is 0 Å². The summed E-state index contributed by atoms with van der Waals surface area (Å²) in [6, 6.07) is 8.58. The molecule has 132 valence electrons. The Morgan fingerprint density at radius 3 is 2.72 bits per heavy atom. The number of rotatable bonds is 4. The van der Waals surface area contributed by atoms with Crippen LogP contribution in [0.1, 0.15) is 23.8 Å². The number of halogens is 1. The molecule has 8 heteroatoms. The Morgan fingerprint density at radius 1 is 1.36 bits per heavy atom. The summed E-state index contributed by atoms with van der Waals surface area (Å²) in [5.74, 6) is -0.807. The Balaban J connectivity index is 1.98. The first-order chi connectivity index (χ1) is 12.0. The predicted molar refractivity (Wildman–Crippen MR) is 88.4 cm³/mol. The number of aliphatic hydroxyl groups excluding tert-OH is 2. The topological polar surface area (TPSA) is 105 Å². The number of aliphatic hydroxyl groups is 2. The summed E-state index contributed by atoms with van der Waals surface area (Å²) < 4.78 is 20.9. The zero-order chi connectivity index (χ0) is 18.0. The first-order valence-electron chi connectivity index (χ1n) is 7.72. The van der Waals surface area contributed by atoms with E-state index >= 15 is 0 Å². The van der Waals surface area contributed by atoms with Gasteiger partial charge in [-0.3, -0.25) is 14.3 Å². The number of nitrogens with one attached hydrogen (secondary N) is 1. The minimum atomic E-state index is -0.956. The van der Waals surface area contributed by atoms with Gasteiger partial charge in [0.25, 0.3) is 5.56 Å². The lowest BCUT2D eigenvalue weighted by Crippen LogP contribution is -2.34. The molecule has 1 aliphatic rings.